The van der Waals surface area contributed by atoms with Gasteiger partial charge in [-0.05, 0) is 19.8 Å². The number of carbonyl (C=O) groups is 3. The normalized spacial score (nSPS) is 40.7. The molecule has 88 valence electrons. The summed E-state index contributed by atoms with van der Waals surface area (Å²) in [7, 11) is 0. The molecular weight excluding hydrogens is 210 g/mol. The Bertz CT molecular complexity index is 414. The summed E-state index contributed by atoms with van der Waals surface area (Å²) in [6.07, 6.45) is 0.740. The van der Waals surface area contributed by atoms with E-state index in [-0.39, 0.29) is 6.42 Å². The number of ether oxygens (including phenoxy) is 1. The van der Waals surface area contributed by atoms with Crippen molar-refractivity contribution in [1.29, 1.82) is 0 Å². The third-order valence-corrected chi connectivity index (χ3v) is 4.85. The molecule has 2 atom stereocenters. The van der Waals surface area contributed by atoms with Gasteiger partial charge in [0.1, 0.15) is 0 Å². The van der Waals surface area contributed by atoms with E-state index < -0.39 is 34.1 Å². The van der Waals surface area contributed by atoms with Crippen molar-refractivity contribution in [2.75, 3.05) is 0 Å². The molecular formula is C11H15NO4. The minimum atomic E-state index is -1.35. The second kappa shape index (κ2) is 2.64. The highest BCUT2D eigenvalue weighted by Crippen LogP contribution is 2.65. The smallest absolute Gasteiger partial charge is 0.329 e. The molecule has 1 heterocycles. The van der Waals surface area contributed by atoms with Crippen LogP contribution in [0, 0.1) is 16.2 Å². The molecule has 1 aliphatic carbocycles. The first kappa shape index (κ1) is 11.1. The fourth-order valence-electron chi connectivity index (χ4n) is 3.06. The van der Waals surface area contributed by atoms with E-state index in [2.05, 4.69) is 0 Å². The number of hydrogen-bond donors (Lipinski definition) is 1. The van der Waals surface area contributed by atoms with Crippen molar-refractivity contribution < 1.29 is 19.1 Å². The number of esters is 2. The lowest BCUT2D eigenvalue weighted by molar-refractivity contribution is -0.196. The number of fused-ring (bicyclic) bond motifs is 2. The van der Waals surface area contributed by atoms with Crippen LogP contribution >= 0.6 is 0 Å². The summed E-state index contributed by atoms with van der Waals surface area (Å²) < 4.78 is 4.70. The van der Waals surface area contributed by atoms with E-state index in [9.17, 15) is 14.4 Å². The number of amides is 1. The van der Waals surface area contributed by atoms with Crippen LogP contribution < -0.4 is 5.73 Å². The van der Waals surface area contributed by atoms with E-state index in [1.807, 2.05) is 0 Å². The summed E-state index contributed by atoms with van der Waals surface area (Å²) in [5.41, 5.74) is 2.40. The maximum absolute atomic E-state index is 11.8. The van der Waals surface area contributed by atoms with Gasteiger partial charge in [0.2, 0.25) is 5.91 Å². The Kier molecular flexibility index (Phi) is 1.84. The molecule has 16 heavy (non-hydrogen) atoms. The Hall–Kier alpha value is -1.39. The molecule has 2 N–H and O–H groups in total. The number of primary amides is 1. The SMILES string of the molecule is CC1(C)[C@@]2(C(N)=O)CC[C@]1(C)C(=O)OC2=O. The van der Waals surface area contributed by atoms with Gasteiger partial charge in [-0.25, -0.2) is 0 Å². The van der Waals surface area contributed by atoms with Gasteiger partial charge in [0.05, 0.1) is 5.41 Å². The van der Waals surface area contributed by atoms with Gasteiger partial charge in [0.15, 0.2) is 5.41 Å². The Morgan fingerprint density at radius 3 is 2.25 bits per heavy atom. The summed E-state index contributed by atoms with van der Waals surface area (Å²) in [5, 5.41) is 0. The van der Waals surface area contributed by atoms with Gasteiger partial charge in [-0.3, -0.25) is 14.4 Å². The van der Waals surface area contributed by atoms with Crippen LogP contribution in [0.3, 0.4) is 0 Å². The molecule has 1 saturated carbocycles. The van der Waals surface area contributed by atoms with Gasteiger partial charge in [-0.2, -0.15) is 0 Å². The van der Waals surface area contributed by atoms with Crippen molar-refractivity contribution in [3.05, 3.63) is 0 Å². The largest absolute Gasteiger partial charge is 0.392 e. The van der Waals surface area contributed by atoms with Gasteiger partial charge >= 0.3 is 11.9 Å². The summed E-state index contributed by atoms with van der Waals surface area (Å²) >= 11 is 0. The zero-order valence-corrected chi connectivity index (χ0v) is 9.62. The van der Waals surface area contributed by atoms with Crippen LogP contribution in [0.25, 0.3) is 0 Å². The predicted molar refractivity (Wildman–Crippen MR) is 53.8 cm³/mol. The first-order valence-electron chi connectivity index (χ1n) is 5.27. The molecule has 5 nitrogen and oxygen atoms in total. The monoisotopic (exact) mass is 225 g/mol. The summed E-state index contributed by atoms with van der Waals surface area (Å²) in [6.45, 7) is 5.21. The van der Waals surface area contributed by atoms with Crippen molar-refractivity contribution in [3.8, 4) is 0 Å². The maximum atomic E-state index is 11.8. The van der Waals surface area contributed by atoms with Crippen molar-refractivity contribution in [3.63, 3.8) is 0 Å². The Morgan fingerprint density at radius 2 is 1.75 bits per heavy atom. The Labute approximate surface area is 93.3 Å². The molecule has 1 amide bonds. The lowest BCUT2D eigenvalue weighted by Crippen LogP contribution is -2.61. The molecule has 2 fully saturated rings. The molecule has 1 aliphatic heterocycles. The fourth-order valence-corrected chi connectivity index (χ4v) is 3.06. The summed E-state index contributed by atoms with van der Waals surface area (Å²) in [4.78, 5) is 35.2. The highest BCUT2D eigenvalue weighted by molar-refractivity contribution is 6.10. The lowest BCUT2D eigenvalue weighted by atomic mass is 9.57. The molecule has 0 radical (unpaired) electrons. The zero-order chi connectivity index (χ0) is 12.4. The number of carbonyl (C=O) groups excluding carboxylic acids is 3. The third kappa shape index (κ3) is 0.817. The quantitative estimate of drug-likeness (QED) is 0.516. The predicted octanol–water partition coefficient (Wildman–Crippen LogP) is 0.368. The Morgan fingerprint density at radius 1 is 1.19 bits per heavy atom. The summed E-state index contributed by atoms with van der Waals surface area (Å²) in [5.74, 6) is -2.03. The second-order valence-electron chi connectivity index (χ2n) is 5.40. The van der Waals surface area contributed by atoms with E-state index in [4.69, 9.17) is 10.5 Å². The van der Waals surface area contributed by atoms with Crippen LogP contribution in [0.4, 0.5) is 0 Å². The molecule has 1 saturated heterocycles. The van der Waals surface area contributed by atoms with Crippen LogP contribution in [-0.2, 0) is 19.1 Å². The zero-order valence-electron chi connectivity index (χ0n) is 9.62. The summed E-state index contributed by atoms with van der Waals surface area (Å²) in [6, 6.07) is 0. The van der Waals surface area contributed by atoms with Crippen molar-refractivity contribution >= 4 is 17.8 Å². The first-order valence-corrected chi connectivity index (χ1v) is 5.27. The molecule has 5 heteroatoms. The fraction of sp³-hybridized carbons (Fsp3) is 0.727. The van der Waals surface area contributed by atoms with E-state index in [1.165, 1.54) is 0 Å². The van der Waals surface area contributed by atoms with Gasteiger partial charge in [-0.1, -0.05) is 13.8 Å². The number of rotatable bonds is 1. The average molecular weight is 225 g/mol. The van der Waals surface area contributed by atoms with Crippen molar-refractivity contribution in [2.24, 2.45) is 22.0 Å². The molecule has 2 rings (SSSR count). The van der Waals surface area contributed by atoms with Crippen LogP contribution in [0.1, 0.15) is 33.6 Å². The number of nitrogens with two attached hydrogens (primary N) is 1. The first-order chi connectivity index (χ1) is 7.20. The maximum Gasteiger partial charge on any atom is 0.329 e. The topological polar surface area (TPSA) is 86.5 Å². The highest BCUT2D eigenvalue weighted by atomic mass is 16.6. The number of hydrogen-bond acceptors (Lipinski definition) is 4. The van der Waals surface area contributed by atoms with Crippen LogP contribution in [0.2, 0.25) is 0 Å². The van der Waals surface area contributed by atoms with E-state index in [0.29, 0.717) is 6.42 Å². The van der Waals surface area contributed by atoms with Gasteiger partial charge in [-0.15, -0.1) is 0 Å². The van der Waals surface area contributed by atoms with Gasteiger partial charge < -0.3 is 10.5 Å². The lowest BCUT2D eigenvalue weighted by Gasteiger charge is -2.47. The molecule has 0 spiro atoms. The highest BCUT2D eigenvalue weighted by Gasteiger charge is 2.74. The van der Waals surface area contributed by atoms with E-state index >= 15 is 0 Å². The van der Waals surface area contributed by atoms with E-state index in [1.54, 1.807) is 20.8 Å². The van der Waals surface area contributed by atoms with Crippen molar-refractivity contribution in [2.45, 2.75) is 33.6 Å². The molecule has 0 aromatic rings. The standard InChI is InChI=1S/C11H15NO4/c1-9(2)10(3)4-5-11(9,6(12)13)8(15)16-7(10)14/h4-5H2,1-3H3,(H2,12,13)/t10-,11-/m1/s1. The van der Waals surface area contributed by atoms with Gasteiger partial charge in [0.25, 0.3) is 0 Å². The van der Waals surface area contributed by atoms with Crippen LogP contribution in [-0.4, -0.2) is 17.8 Å². The minimum absolute atomic E-state index is 0.288. The number of cyclic esters (lactones) is 2. The molecule has 0 aromatic carbocycles. The molecule has 2 aliphatic rings. The minimum Gasteiger partial charge on any atom is -0.392 e. The second-order valence-corrected chi connectivity index (χ2v) is 5.40. The van der Waals surface area contributed by atoms with Crippen LogP contribution in [0.5, 0.6) is 0 Å². The average Bonchev–Trinajstić information content (AvgIpc) is 2.29. The molecule has 2 bridgehead atoms. The Balaban J connectivity index is 2.69. The third-order valence-electron chi connectivity index (χ3n) is 4.85. The molecule has 0 unspecified atom stereocenters. The van der Waals surface area contributed by atoms with Crippen LogP contribution in [0.15, 0.2) is 0 Å². The van der Waals surface area contributed by atoms with E-state index in [0.717, 1.165) is 0 Å². The van der Waals surface area contributed by atoms with Gasteiger partial charge in [0, 0.05) is 5.41 Å². The molecule has 0 aromatic heterocycles. The van der Waals surface area contributed by atoms with Crippen molar-refractivity contribution in [1.82, 2.24) is 0 Å².